The minimum Gasteiger partial charge on any atom is -0.487 e. The van der Waals surface area contributed by atoms with Crippen molar-refractivity contribution in [2.45, 2.75) is 50.4 Å². The number of benzene rings is 1. The summed E-state index contributed by atoms with van der Waals surface area (Å²) in [6.07, 6.45) is 6.87. The highest BCUT2D eigenvalue weighted by atomic mass is 19.3. The number of halogens is 2. The zero-order valence-corrected chi connectivity index (χ0v) is 13.8. The lowest BCUT2D eigenvalue weighted by Gasteiger charge is -2.18. The van der Waals surface area contributed by atoms with Gasteiger partial charge in [-0.05, 0) is 50.0 Å². The Hall–Kier alpha value is -1.86. The lowest BCUT2D eigenvalue weighted by Crippen LogP contribution is -2.29. The van der Waals surface area contributed by atoms with Crippen molar-refractivity contribution in [2.24, 2.45) is 0 Å². The number of rotatable bonds is 5. The zero-order chi connectivity index (χ0) is 17.3. The average molecular weight is 353 g/mol. The van der Waals surface area contributed by atoms with E-state index >= 15 is 0 Å². The molecule has 2 heterocycles. The van der Waals surface area contributed by atoms with Gasteiger partial charge in [-0.1, -0.05) is 0 Å². The molecule has 1 spiro atoms. The van der Waals surface area contributed by atoms with Gasteiger partial charge in [0.2, 0.25) is 0 Å². The largest absolute Gasteiger partial charge is 0.487 e. The maximum Gasteiger partial charge on any atom is 0.387 e. The van der Waals surface area contributed by atoms with E-state index in [2.05, 4.69) is 10.2 Å². The smallest absolute Gasteiger partial charge is 0.387 e. The second-order valence-corrected chi connectivity index (χ2v) is 6.69. The van der Waals surface area contributed by atoms with E-state index < -0.39 is 12.2 Å². The van der Waals surface area contributed by atoms with Crippen LogP contribution in [0.15, 0.2) is 24.3 Å². The van der Waals surface area contributed by atoms with E-state index in [1.54, 1.807) is 12.1 Å². The molecule has 0 aromatic heterocycles. The molecule has 0 bridgehead atoms. The predicted octanol–water partition coefficient (Wildman–Crippen LogP) is 3.64. The number of hydrogen-bond donors (Lipinski definition) is 1. The first-order valence-corrected chi connectivity index (χ1v) is 8.64. The molecule has 136 valence electrons. The topological polar surface area (TPSA) is 49.0 Å². The highest BCUT2D eigenvalue weighted by molar-refractivity contribution is 5.68. The number of nitrogens with one attached hydrogen (secondary N) is 1. The van der Waals surface area contributed by atoms with Gasteiger partial charge in [-0.3, -0.25) is 10.3 Å². The van der Waals surface area contributed by atoms with Crippen LogP contribution in [0.3, 0.4) is 0 Å². The Morgan fingerprint density at radius 3 is 2.76 bits per heavy atom. The summed E-state index contributed by atoms with van der Waals surface area (Å²) >= 11 is 0. The van der Waals surface area contributed by atoms with Gasteiger partial charge in [0, 0.05) is 18.6 Å². The Morgan fingerprint density at radius 1 is 1.20 bits per heavy atom. The van der Waals surface area contributed by atoms with Crippen molar-refractivity contribution >= 4 is 5.70 Å². The Labute approximate surface area is 144 Å². The summed E-state index contributed by atoms with van der Waals surface area (Å²) in [4.78, 5) is 5.68. The van der Waals surface area contributed by atoms with Crippen LogP contribution in [0.25, 0.3) is 5.70 Å². The molecule has 2 aliphatic heterocycles. The molecule has 1 aromatic rings. The van der Waals surface area contributed by atoms with Gasteiger partial charge in [0.25, 0.3) is 0 Å². The number of hydroxylamine groups is 1. The number of alkyl halides is 2. The summed E-state index contributed by atoms with van der Waals surface area (Å²) in [6, 6.07) is 4.97. The van der Waals surface area contributed by atoms with Crippen molar-refractivity contribution in [3.63, 3.8) is 0 Å². The minimum atomic E-state index is -2.89. The molecule has 0 radical (unpaired) electrons. The van der Waals surface area contributed by atoms with E-state index in [-0.39, 0.29) is 11.9 Å². The van der Waals surface area contributed by atoms with Crippen LogP contribution in [0.2, 0.25) is 0 Å². The Morgan fingerprint density at radius 2 is 2.04 bits per heavy atom. The van der Waals surface area contributed by atoms with Crippen LogP contribution in [0.4, 0.5) is 8.78 Å². The molecule has 1 saturated heterocycles. The van der Waals surface area contributed by atoms with Crippen LogP contribution in [-0.4, -0.2) is 31.5 Å². The highest BCUT2D eigenvalue weighted by Gasteiger charge is 2.39. The van der Waals surface area contributed by atoms with E-state index in [1.165, 1.54) is 6.07 Å². The van der Waals surface area contributed by atoms with Crippen LogP contribution in [0, 0.1) is 0 Å². The second kappa shape index (κ2) is 6.80. The molecule has 1 saturated carbocycles. The molecule has 25 heavy (non-hydrogen) atoms. The van der Waals surface area contributed by atoms with Gasteiger partial charge in [-0.25, -0.2) is 0 Å². The summed E-state index contributed by atoms with van der Waals surface area (Å²) in [7, 11) is 0. The second-order valence-electron chi connectivity index (χ2n) is 6.69. The molecule has 3 aliphatic rings. The van der Waals surface area contributed by atoms with Crippen molar-refractivity contribution in [1.29, 1.82) is 0 Å². The fourth-order valence-electron chi connectivity index (χ4n) is 3.52. The molecular weight excluding hydrogens is 332 g/mol. The molecule has 7 heteroatoms. The predicted molar refractivity (Wildman–Crippen MR) is 86.3 cm³/mol. The molecule has 1 unspecified atom stereocenters. The molecule has 5 nitrogen and oxygen atoms in total. The van der Waals surface area contributed by atoms with E-state index in [9.17, 15) is 8.78 Å². The molecule has 1 atom stereocenters. The monoisotopic (exact) mass is 353 g/mol. The van der Waals surface area contributed by atoms with Gasteiger partial charge in [0.05, 0.1) is 18.4 Å². The van der Waals surface area contributed by atoms with Crippen molar-refractivity contribution in [2.75, 3.05) is 13.2 Å². The van der Waals surface area contributed by atoms with Gasteiger partial charge < -0.3 is 14.2 Å². The molecule has 1 aliphatic carbocycles. The third-order valence-corrected chi connectivity index (χ3v) is 4.85. The van der Waals surface area contributed by atoms with Crippen molar-refractivity contribution in [1.82, 2.24) is 5.48 Å². The van der Waals surface area contributed by atoms with Crippen LogP contribution >= 0.6 is 0 Å². The Kier molecular flexibility index (Phi) is 4.52. The first-order valence-electron chi connectivity index (χ1n) is 8.64. The van der Waals surface area contributed by atoms with Gasteiger partial charge in [0.1, 0.15) is 5.60 Å². The molecule has 2 fully saturated rings. The third kappa shape index (κ3) is 3.57. The number of hydrogen-bond acceptors (Lipinski definition) is 5. The molecule has 1 aromatic carbocycles. The molecule has 1 N–H and O–H groups in total. The summed E-state index contributed by atoms with van der Waals surface area (Å²) in [5.41, 5.74) is 4.07. The quantitative estimate of drug-likeness (QED) is 0.876. The SMILES string of the molecule is FC(F)Oc1ccc(C2=CC3(CCOC3)ON2)cc1OC1CCCC1. The van der Waals surface area contributed by atoms with E-state index in [1.807, 2.05) is 6.08 Å². The van der Waals surface area contributed by atoms with Crippen LogP contribution in [-0.2, 0) is 9.57 Å². The normalized spacial score (nSPS) is 26.3. The van der Waals surface area contributed by atoms with Crippen molar-refractivity contribution < 1.29 is 27.8 Å². The molecule has 4 rings (SSSR count). The Balaban J connectivity index is 1.60. The van der Waals surface area contributed by atoms with Crippen LogP contribution in [0.5, 0.6) is 11.5 Å². The fourth-order valence-corrected chi connectivity index (χ4v) is 3.52. The van der Waals surface area contributed by atoms with Crippen LogP contribution in [0.1, 0.15) is 37.7 Å². The first-order chi connectivity index (χ1) is 12.1. The van der Waals surface area contributed by atoms with Gasteiger partial charge in [-0.2, -0.15) is 8.78 Å². The van der Waals surface area contributed by atoms with E-state index in [4.69, 9.17) is 14.3 Å². The van der Waals surface area contributed by atoms with Crippen LogP contribution < -0.4 is 15.0 Å². The first kappa shape index (κ1) is 16.6. The van der Waals surface area contributed by atoms with Gasteiger partial charge in [0.15, 0.2) is 11.5 Å². The highest BCUT2D eigenvalue weighted by Crippen LogP contribution is 2.38. The minimum absolute atomic E-state index is 0.0478. The van der Waals surface area contributed by atoms with E-state index in [0.29, 0.717) is 19.0 Å². The fraction of sp³-hybridized carbons (Fsp3) is 0.556. The summed E-state index contributed by atoms with van der Waals surface area (Å²) < 4.78 is 41.3. The van der Waals surface area contributed by atoms with Gasteiger partial charge in [-0.15, -0.1) is 0 Å². The maximum atomic E-state index is 12.7. The van der Waals surface area contributed by atoms with Crippen molar-refractivity contribution in [3.05, 3.63) is 29.8 Å². The van der Waals surface area contributed by atoms with Gasteiger partial charge >= 0.3 is 6.61 Å². The summed E-state index contributed by atoms with van der Waals surface area (Å²) in [5, 5.41) is 0. The lowest BCUT2D eigenvalue weighted by molar-refractivity contribution is -0.0520. The average Bonchev–Trinajstić information content (AvgIpc) is 3.33. The Bertz CT molecular complexity index is 652. The zero-order valence-electron chi connectivity index (χ0n) is 13.8. The molecular formula is C18H21F2NO4. The lowest BCUT2D eigenvalue weighted by atomic mass is 10.0. The number of ether oxygens (including phenoxy) is 3. The molecule has 0 amide bonds. The van der Waals surface area contributed by atoms with Crippen molar-refractivity contribution in [3.8, 4) is 11.5 Å². The standard InChI is InChI=1S/C18H21F2NO4/c19-17(20)24-15-6-5-12(9-16(15)23-13-3-1-2-4-13)14-10-18(25-21-14)7-8-22-11-18/h5-6,9-10,13,17,21H,1-4,7-8,11H2. The third-order valence-electron chi connectivity index (χ3n) is 4.85. The van der Waals surface area contributed by atoms with E-state index in [0.717, 1.165) is 43.4 Å². The summed E-state index contributed by atoms with van der Waals surface area (Å²) in [6.45, 7) is -1.73. The summed E-state index contributed by atoms with van der Waals surface area (Å²) in [5.74, 6) is 0.403. The maximum absolute atomic E-state index is 12.7.